The van der Waals surface area contributed by atoms with E-state index in [0.717, 1.165) is 14.3 Å². The van der Waals surface area contributed by atoms with Crippen LogP contribution in [0.5, 0.6) is 0 Å². The van der Waals surface area contributed by atoms with Crippen LogP contribution in [0.15, 0.2) is 82.2 Å². The molecule has 10 heteroatoms. The van der Waals surface area contributed by atoms with E-state index in [0.29, 0.717) is 16.3 Å². The first kappa shape index (κ1) is 27.7. The second-order valence-corrected chi connectivity index (χ2v) is 11.4. The highest BCUT2D eigenvalue weighted by molar-refractivity contribution is 9.10. The fourth-order valence-corrected chi connectivity index (χ4v) is 5.70. The number of carbonyl (C=O) groups is 2. The van der Waals surface area contributed by atoms with Crippen LogP contribution in [0.25, 0.3) is 0 Å². The summed E-state index contributed by atoms with van der Waals surface area (Å²) in [6.07, 6.45) is 0. The molecule has 0 bridgehead atoms. The standard InChI is InChI=1S/C26H27BrClN3O4S/c1-18-15-22(28)13-14-24(18)31(36(34,35)23-7-5-4-6-8-23)17-25(32)30(19(2)26(33)29-3)16-20-9-11-21(27)12-10-20/h4-15,19H,16-17H2,1-3H3,(H,29,33). The Morgan fingerprint density at radius 1 is 1.03 bits per heavy atom. The second-order valence-electron chi connectivity index (χ2n) is 8.19. The minimum absolute atomic E-state index is 0.0472. The van der Waals surface area contributed by atoms with E-state index in [2.05, 4.69) is 21.2 Å². The van der Waals surface area contributed by atoms with E-state index in [4.69, 9.17) is 11.6 Å². The lowest BCUT2D eigenvalue weighted by Gasteiger charge is -2.32. The quantitative estimate of drug-likeness (QED) is 0.388. The average molecular weight is 593 g/mol. The summed E-state index contributed by atoms with van der Waals surface area (Å²) in [5, 5.41) is 3.01. The SMILES string of the molecule is CNC(=O)C(C)N(Cc1ccc(Br)cc1)C(=O)CN(c1ccc(Cl)cc1C)S(=O)(=O)c1ccccc1. The maximum absolute atomic E-state index is 13.7. The molecule has 1 unspecified atom stereocenters. The first-order valence-corrected chi connectivity index (χ1v) is 13.7. The topological polar surface area (TPSA) is 86.8 Å². The number of carbonyl (C=O) groups excluding carboxylic acids is 2. The third-order valence-electron chi connectivity index (χ3n) is 5.72. The Hall–Kier alpha value is -2.88. The van der Waals surface area contributed by atoms with Gasteiger partial charge in [-0.3, -0.25) is 13.9 Å². The van der Waals surface area contributed by atoms with Gasteiger partial charge in [-0.1, -0.05) is 57.9 Å². The molecule has 0 aliphatic carbocycles. The average Bonchev–Trinajstić information content (AvgIpc) is 2.86. The summed E-state index contributed by atoms with van der Waals surface area (Å²) in [6.45, 7) is 2.96. The number of hydrogen-bond acceptors (Lipinski definition) is 4. The Labute approximate surface area is 225 Å². The van der Waals surface area contributed by atoms with Gasteiger partial charge in [-0.25, -0.2) is 8.42 Å². The van der Waals surface area contributed by atoms with Gasteiger partial charge in [0.2, 0.25) is 11.8 Å². The fraction of sp³-hybridized carbons (Fsp3) is 0.231. The molecular formula is C26H27BrClN3O4S. The number of benzene rings is 3. The summed E-state index contributed by atoms with van der Waals surface area (Å²) in [4.78, 5) is 27.7. The van der Waals surface area contributed by atoms with Crippen molar-refractivity contribution < 1.29 is 18.0 Å². The van der Waals surface area contributed by atoms with Gasteiger partial charge in [0, 0.05) is 23.1 Å². The van der Waals surface area contributed by atoms with Crippen LogP contribution in [0.4, 0.5) is 5.69 Å². The Balaban J connectivity index is 2.05. The Morgan fingerprint density at radius 2 is 1.67 bits per heavy atom. The van der Waals surface area contributed by atoms with Crippen molar-refractivity contribution in [2.24, 2.45) is 0 Å². The van der Waals surface area contributed by atoms with Gasteiger partial charge < -0.3 is 10.2 Å². The maximum Gasteiger partial charge on any atom is 0.264 e. The number of hydrogen-bond donors (Lipinski definition) is 1. The van der Waals surface area contributed by atoms with Crippen molar-refractivity contribution in [1.82, 2.24) is 10.2 Å². The van der Waals surface area contributed by atoms with Gasteiger partial charge in [-0.2, -0.15) is 0 Å². The van der Waals surface area contributed by atoms with Crippen LogP contribution in [0.3, 0.4) is 0 Å². The van der Waals surface area contributed by atoms with Crippen molar-refractivity contribution in [3.8, 4) is 0 Å². The number of aryl methyl sites for hydroxylation is 1. The molecule has 0 aliphatic heterocycles. The third kappa shape index (κ3) is 6.46. The van der Waals surface area contributed by atoms with Gasteiger partial charge >= 0.3 is 0 Å². The van der Waals surface area contributed by atoms with E-state index in [1.165, 1.54) is 24.1 Å². The van der Waals surface area contributed by atoms with Crippen molar-refractivity contribution in [1.29, 1.82) is 0 Å². The number of anilines is 1. The fourth-order valence-electron chi connectivity index (χ4n) is 3.71. The minimum Gasteiger partial charge on any atom is -0.357 e. The summed E-state index contributed by atoms with van der Waals surface area (Å²) in [7, 11) is -2.62. The molecule has 7 nitrogen and oxygen atoms in total. The minimum atomic E-state index is -4.11. The number of nitrogens with one attached hydrogen (secondary N) is 1. The van der Waals surface area contributed by atoms with Gasteiger partial charge in [-0.05, 0) is 67.4 Å². The van der Waals surface area contributed by atoms with Crippen molar-refractivity contribution in [3.05, 3.63) is 93.4 Å². The molecule has 3 rings (SSSR count). The smallest absolute Gasteiger partial charge is 0.264 e. The molecule has 0 saturated heterocycles. The van der Waals surface area contributed by atoms with E-state index < -0.39 is 28.5 Å². The zero-order chi connectivity index (χ0) is 26.5. The number of halogens is 2. The molecule has 1 N–H and O–H groups in total. The van der Waals surface area contributed by atoms with Gasteiger partial charge in [-0.15, -0.1) is 0 Å². The van der Waals surface area contributed by atoms with Crippen LogP contribution < -0.4 is 9.62 Å². The monoisotopic (exact) mass is 591 g/mol. The molecule has 36 heavy (non-hydrogen) atoms. The van der Waals surface area contributed by atoms with Crippen LogP contribution in [-0.4, -0.2) is 44.8 Å². The molecule has 3 aromatic carbocycles. The lowest BCUT2D eigenvalue weighted by molar-refractivity contribution is -0.139. The molecule has 190 valence electrons. The molecule has 0 aliphatic rings. The molecule has 0 heterocycles. The number of amides is 2. The van der Waals surface area contributed by atoms with E-state index in [-0.39, 0.29) is 17.3 Å². The van der Waals surface area contributed by atoms with Crippen molar-refractivity contribution in [3.63, 3.8) is 0 Å². The van der Waals surface area contributed by atoms with Crippen LogP contribution >= 0.6 is 27.5 Å². The van der Waals surface area contributed by atoms with Gasteiger partial charge in [0.25, 0.3) is 10.0 Å². The summed E-state index contributed by atoms with van der Waals surface area (Å²) < 4.78 is 29.4. The summed E-state index contributed by atoms with van der Waals surface area (Å²) >= 11 is 9.50. The largest absolute Gasteiger partial charge is 0.357 e. The van der Waals surface area contributed by atoms with Crippen molar-refractivity contribution >= 4 is 55.1 Å². The zero-order valence-corrected chi connectivity index (χ0v) is 23.3. The van der Waals surface area contributed by atoms with E-state index in [1.54, 1.807) is 50.2 Å². The van der Waals surface area contributed by atoms with Gasteiger partial charge in [0.15, 0.2) is 0 Å². The molecule has 0 radical (unpaired) electrons. The predicted molar refractivity (Wildman–Crippen MR) is 145 cm³/mol. The van der Waals surface area contributed by atoms with Gasteiger partial charge in [0.1, 0.15) is 12.6 Å². The maximum atomic E-state index is 13.7. The molecule has 0 aromatic heterocycles. The second kappa shape index (κ2) is 11.9. The third-order valence-corrected chi connectivity index (χ3v) is 8.26. The first-order chi connectivity index (χ1) is 17.0. The van der Waals surface area contributed by atoms with Gasteiger partial charge in [0.05, 0.1) is 10.6 Å². The van der Waals surface area contributed by atoms with E-state index in [9.17, 15) is 18.0 Å². The lowest BCUT2D eigenvalue weighted by Crippen LogP contribution is -2.50. The Kier molecular flexibility index (Phi) is 9.16. The molecule has 0 fully saturated rings. The zero-order valence-electron chi connectivity index (χ0n) is 20.1. The Morgan fingerprint density at radius 3 is 2.25 bits per heavy atom. The molecule has 0 spiro atoms. The summed E-state index contributed by atoms with van der Waals surface area (Å²) in [5.41, 5.74) is 1.71. The van der Waals surface area contributed by atoms with E-state index in [1.807, 2.05) is 24.3 Å². The Bertz CT molecular complexity index is 1340. The predicted octanol–water partition coefficient (Wildman–Crippen LogP) is 4.77. The first-order valence-electron chi connectivity index (χ1n) is 11.1. The normalized spacial score (nSPS) is 12.0. The number of nitrogens with zero attached hydrogens (tertiary/aromatic N) is 2. The molecule has 3 aromatic rings. The highest BCUT2D eigenvalue weighted by Gasteiger charge is 2.32. The summed E-state index contributed by atoms with van der Waals surface area (Å²) in [5.74, 6) is -0.886. The molecule has 1 atom stereocenters. The lowest BCUT2D eigenvalue weighted by atomic mass is 10.1. The van der Waals surface area contributed by atoms with Crippen molar-refractivity contribution in [2.45, 2.75) is 31.3 Å². The molecule has 0 saturated carbocycles. The van der Waals surface area contributed by atoms with Crippen molar-refractivity contribution in [2.75, 3.05) is 17.9 Å². The highest BCUT2D eigenvalue weighted by Crippen LogP contribution is 2.29. The molecular weight excluding hydrogens is 566 g/mol. The highest BCUT2D eigenvalue weighted by atomic mass is 79.9. The molecule has 2 amide bonds. The van der Waals surface area contributed by atoms with Crippen LogP contribution in [0.2, 0.25) is 5.02 Å². The number of sulfonamides is 1. The van der Waals surface area contributed by atoms with Crippen LogP contribution in [-0.2, 0) is 26.2 Å². The van der Waals surface area contributed by atoms with Crippen LogP contribution in [0, 0.1) is 6.92 Å². The summed E-state index contributed by atoms with van der Waals surface area (Å²) in [6, 6.07) is 19.2. The van der Waals surface area contributed by atoms with Crippen LogP contribution in [0.1, 0.15) is 18.1 Å². The number of likely N-dealkylation sites (N-methyl/N-ethyl adjacent to an activating group) is 1. The number of rotatable bonds is 9. The van der Waals surface area contributed by atoms with E-state index >= 15 is 0 Å².